The second-order valence-corrected chi connectivity index (χ2v) is 9.12. The molecular formula is C26H40N4O2. The van der Waals surface area contributed by atoms with E-state index in [1.165, 1.54) is 22.7 Å². The number of aliphatic hydroxyl groups excluding tert-OH is 2. The summed E-state index contributed by atoms with van der Waals surface area (Å²) in [4.78, 5) is 9.30. The molecule has 2 atom stereocenters. The molecule has 2 aromatic carbocycles. The molecule has 3 rings (SSSR count). The number of benzene rings is 2. The van der Waals surface area contributed by atoms with E-state index in [1.807, 2.05) is 0 Å². The van der Waals surface area contributed by atoms with Crippen LogP contribution in [-0.2, 0) is 0 Å². The highest BCUT2D eigenvalue weighted by atomic mass is 16.3. The van der Waals surface area contributed by atoms with Crippen molar-refractivity contribution in [1.82, 2.24) is 9.80 Å². The van der Waals surface area contributed by atoms with Crippen molar-refractivity contribution in [2.75, 3.05) is 64.3 Å². The minimum atomic E-state index is 0.213. The van der Waals surface area contributed by atoms with Crippen LogP contribution in [-0.4, -0.2) is 86.6 Å². The number of para-hydroxylation sites is 4. The molecule has 1 aliphatic heterocycles. The Labute approximate surface area is 193 Å². The van der Waals surface area contributed by atoms with Crippen molar-refractivity contribution in [3.05, 3.63) is 48.5 Å². The summed E-state index contributed by atoms with van der Waals surface area (Å²) in [7, 11) is 8.36. The summed E-state index contributed by atoms with van der Waals surface area (Å²) in [5.74, 6) is 0. The van der Waals surface area contributed by atoms with Gasteiger partial charge < -0.3 is 29.8 Å². The largest absolute Gasteiger partial charge is 0.396 e. The van der Waals surface area contributed by atoms with Gasteiger partial charge in [-0.3, -0.25) is 0 Å². The molecule has 0 saturated carbocycles. The Kier molecular flexibility index (Phi) is 8.93. The number of fused-ring (bicyclic) bond motifs is 2. The quantitative estimate of drug-likeness (QED) is 0.525. The molecule has 6 heteroatoms. The van der Waals surface area contributed by atoms with E-state index < -0.39 is 0 Å². The van der Waals surface area contributed by atoms with Crippen LogP contribution < -0.4 is 9.80 Å². The molecular weight excluding hydrogens is 400 g/mol. The van der Waals surface area contributed by atoms with Crippen LogP contribution in [0.4, 0.5) is 22.7 Å². The zero-order valence-corrected chi connectivity index (χ0v) is 20.1. The topological polar surface area (TPSA) is 53.4 Å². The van der Waals surface area contributed by atoms with Crippen LogP contribution >= 0.6 is 0 Å². The highest BCUT2D eigenvalue weighted by molar-refractivity contribution is 5.93. The first-order valence-electron chi connectivity index (χ1n) is 11.8. The van der Waals surface area contributed by atoms with Crippen LogP contribution in [0.3, 0.4) is 0 Å². The molecule has 0 amide bonds. The van der Waals surface area contributed by atoms with E-state index in [-0.39, 0.29) is 13.2 Å². The summed E-state index contributed by atoms with van der Waals surface area (Å²) in [6.45, 7) is 2.22. The lowest BCUT2D eigenvalue weighted by Crippen LogP contribution is -2.37. The van der Waals surface area contributed by atoms with E-state index >= 15 is 0 Å². The second-order valence-electron chi connectivity index (χ2n) is 9.12. The Balaban J connectivity index is 1.89. The summed E-state index contributed by atoms with van der Waals surface area (Å²) in [6.07, 6.45) is 3.53. The van der Waals surface area contributed by atoms with E-state index in [0.717, 1.165) is 38.8 Å². The van der Waals surface area contributed by atoms with Crippen molar-refractivity contribution in [3.63, 3.8) is 0 Å². The summed E-state index contributed by atoms with van der Waals surface area (Å²) < 4.78 is 0. The van der Waals surface area contributed by atoms with Gasteiger partial charge in [-0.2, -0.15) is 0 Å². The Morgan fingerprint density at radius 3 is 1.16 bits per heavy atom. The fraction of sp³-hybridized carbons (Fsp3) is 0.538. The molecule has 1 heterocycles. The molecule has 0 aliphatic carbocycles. The Morgan fingerprint density at radius 1 is 0.594 bits per heavy atom. The summed E-state index contributed by atoms with van der Waals surface area (Å²) in [5.41, 5.74) is 4.93. The highest BCUT2D eigenvalue weighted by Crippen LogP contribution is 2.47. The maximum atomic E-state index is 9.49. The fourth-order valence-corrected chi connectivity index (χ4v) is 4.76. The lowest BCUT2D eigenvalue weighted by molar-refractivity contribution is 0.202. The number of hydrogen-bond acceptors (Lipinski definition) is 6. The average Bonchev–Trinajstić information content (AvgIpc) is 2.79. The summed E-state index contributed by atoms with van der Waals surface area (Å²) in [6, 6.07) is 18.0. The highest BCUT2D eigenvalue weighted by Gasteiger charge is 2.29. The number of hydrogen-bond donors (Lipinski definition) is 2. The third kappa shape index (κ3) is 5.62. The van der Waals surface area contributed by atoms with Crippen molar-refractivity contribution >= 4 is 22.7 Å². The predicted molar refractivity (Wildman–Crippen MR) is 134 cm³/mol. The monoisotopic (exact) mass is 440 g/mol. The van der Waals surface area contributed by atoms with Gasteiger partial charge >= 0.3 is 0 Å². The normalized spacial score (nSPS) is 15.1. The molecule has 0 radical (unpaired) electrons. The van der Waals surface area contributed by atoms with Crippen LogP contribution in [0.15, 0.2) is 48.5 Å². The SMILES string of the molecule is CN(C)C(CCO)CCN1c2ccccc2N(CCC(CCO)N(C)C)c2ccccc21. The average molecular weight is 441 g/mol. The predicted octanol–water partition coefficient (Wildman–Crippen LogP) is 3.68. The van der Waals surface area contributed by atoms with Crippen molar-refractivity contribution in [2.45, 2.75) is 37.8 Å². The van der Waals surface area contributed by atoms with E-state index in [1.54, 1.807) is 0 Å². The first-order valence-corrected chi connectivity index (χ1v) is 11.8. The molecule has 1 aliphatic rings. The molecule has 0 fully saturated rings. The molecule has 2 unspecified atom stereocenters. The first-order chi connectivity index (χ1) is 15.5. The van der Waals surface area contributed by atoms with Crippen molar-refractivity contribution in [2.24, 2.45) is 0 Å². The summed E-state index contributed by atoms with van der Waals surface area (Å²) >= 11 is 0. The van der Waals surface area contributed by atoms with E-state index in [2.05, 4.69) is 96.3 Å². The van der Waals surface area contributed by atoms with E-state index in [9.17, 15) is 10.2 Å². The number of rotatable bonds is 12. The lowest BCUT2D eigenvalue weighted by Gasteiger charge is -2.41. The lowest BCUT2D eigenvalue weighted by atomic mass is 10.0. The maximum absolute atomic E-state index is 9.49. The molecule has 2 N–H and O–H groups in total. The van der Waals surface area contributed by atoms with Crippen molar-refractivity contribution in [1.29, 1.82) is 0 Å². The van der Waals surface area contributed by atoms with Crippen LogP contribution in [0.2, 0.25) is 0 Å². The van der Waals surface area contributed by atoms with Gasteiger partial charge in [0.15, 0.2) is 0 Å². The maximum Gasteiger partial charge on any atom is 0.0652 e. The van der Waals surface area contributed by atoms with Gasteiger partial charge in [0, 0.05) is 38.4 Å². The molecule has 0 saturated heterocycles. The van der Waals surface area contributed by atoms with Gasteiger partial charge in [-0.25, -0.2) is 0 Å². The van der Waals surface area contributed by atoms with Gasteiger partial charge in [-0.1, -0.05) is 24.3 Å². The number of aliphatic hydroxyl groups is 2. The van der Waals surface area contributed by atoms with Gasteiger partial charge in [0.2, 0.25) is 0 Å². The third-order valence-electron chi connectivity index (χ3n) is 6.68. The minimum Gasteiger partial charge on any atom is -0.396 e. The molecule has 176 valence electrons. The van der Waals surface area contributed by atoms with Gasteiger partial charge in [-0.15, -0.1) is 0 Å². The standard InChI is InChI=1S/C26H40N4O2/c1-27(2)21(15-19-31)13-17-29-23-9-5-7-11-25(23)30(26-12-8-6-10-24(26)29)18-14-22(16-20-32)28(3)4/h5-12,21-22,31-32H,13-20H2,1-4H3. The van der Waals surface area contributed by atoms with Gasteiger partial charge in [-0.05, 0) is 78.1 Å². The third-order valence-corrected chi connectivity index (χ3v) is 6.68. The van der Waals surface area contributed by atoms with Crippen LogP contribution in [0.5, 0.6) is 0 Å². The Morgan fingerprint density at radius 2 is 0.906 bits per heavy atom. The smallest absolute Gasteiger partial charge is 0.0652 e. The summed E-state index contributed by atoms with van der Waals surface area (Å²) in [5, 5.41) is 19.0. The van der Waals surface area contributed by atoms with Gasteiger partial charge in [0.1, 0.15) is 0 Å². The molecule has 0 aromatic heterocycles. The van der Waals surface area contributed by atoms with Gasteiger partial charge in [0.05, 0.1) is 22.7 Å². The van der Waals surface area contributed by atoms with E-state index in [0.29, 0.717) is 12.1 Å². The van der Waals surface area contributed by atoms with Gasteiger partial charge in [0.25, 0.3) is 0 Å². The molecule has 2 aromatic rings. The number of nitrogens with zero attached hydrogens (tertiary/aromatic N) is 4. The molecule has 6 nitrogen and oxygen atoms in total. The zero-order chi connectivity index (χ0) is 23.1. The molecule has 0 spiro atoms. The van der Waals surface area contributed by atoms with Crippen molar-refractivity contribution in [3.8, 4) is 0 Å². The van der Waals surface area contributed by atoms with Crippen LogP contribution in [0.25, 0.3) is 0 Å². The second kappa shape index (κ2) is 11.7. The van der Waals surface area contributed by atoms with Crippen LogP contribution in [0.1, 0.15) is 25.7 Å². The molecule has 0 bridgehead atoms. The minimum absolute atomic E-state index is 0.213. The zero-order valence-electron chi connectivity index (χ0n) is 20.1. The number of anilines is 4. The molecule has 32 heavy (non-hydrogen) atoms. The first kappa shape index (κ1) is 24.5. The van der Waals surface area contributed by atoms with Crippen LogP contribution in [0, 0.1) is 0 Å². The fourth-order valence-electron chi connectivity index (χ4n) is 4.76. The Hall–Kier alpha value is -2.12. The van der Waals surface area contributed by atoms with E-state index in [4.69, 9.17) is 0 Å². The Bertz CT molecular complexity index is 727. The van der Waals surface area contributed by atoms with Crippen molar-refractivity contribution < 1.29 is 10.2 Å².